The Kier molecular flexibility index (Phi) is 5.58. The van der Waals surface area contributed by atoms with Gasteiger partial charge in [-0.3, -0.25) is 4.79 Å². The number of carboxylic acid groups (broad SMARTS) is 1. The fourth-order valence-corrected chi connectivity index (χ4v) is 2.36. The van der Waals surface area contributed by atoms with Crippen LogP contribution in [0.4, 0.5) is 0 Å². The summed E-state index contributed by atoms with van der Waals surface area (Å²) >= 11 is 0. The smallest absolute Gasteiger partial charge is 0.335 e. The Bertz CT molecular complexity index is 717. The lowest BCUT2D eigenvalue weighted by atomic mass is 10.1. The Labute approximate surface area is 141 Å². The third kappa shape index (κ3) is 4.84. The van der Waals surface area contributed by atoms with Crippen LogP contribution in [0, 0.1) is 13.8 Å². The van der Waals surface area contributed by atoms with Gasteiger partial charge in [-0.1, -0.05) is 18.2 Å². The maximum absolute atomic E-state index is 12.1. The van der Waals surface area contributed by atoms with Crippen LogP contribution in [0.5, 0.6) is 5.75 Å². The number of benzene rings is 2. The average Bonchev–Trinajstić information content (AvgIpc) is 2.51. The summed E-state index contributed by atoms with van der Waals surface area (Å²) in [5.74, 6) is -0.529. The number of carboxylic acids is 1. The predicted molar refractivity (Wildman–Crippen MR) is 91.3 cm³/mol. The van der Waals surface area contributed by atoms with Gasteiger partial charge in [0.2, 0.25) is 0 Å². The minimum atomic E-state index is -0.971. The molecule has 0 aliphatic rings. The molecule has 2 aromatic rings. The molecule has 0 heterocycles. The molecular weight excluding hydrogens is 306 g/mol. The zero-order valence-electron chi connectivity index (χ0n) is 14.0. The fraction of sp³-hybridized carbons (Fsp3) is 0.263. The van der Waals surface area contributed by atoms with E-state index in [9.17, 15) is 9.59 Å². The number of nitrogens with one attached hydrogen (secondary N) is 1. The molecule has 0 bridgehead atoms. The van der Waals surface area contributed by atoms with E-state index in [1.54, 1.807) is 19.1 Å². The highest BCUT2D eigenvalue weighted by Gasteiger charge is 2.14. The molecular formula is C19H21NO4. The van der Waals surface area contributed by atoms with Gasteiger partial charge >= 0.3 is 5.97 Å². The number of aromatic carboxylic acids is 1. The van der Waals surface area contributed by atoms with Crippen molar-refractivity contribution < 1.29 is 19.4 Å². The third-order valence-corrected chi connectivity index (χ3v) is 3.54. The summed E-state index contributed by atoms with van der Waals surface area (Å²) < 4.78 is 5.69. The van der Waals surface area contributed by atoms with E-state index in [0.29, 0.717) is 12.3 Å². The molecule has 5 nitrogen and oxygen atoms in total. The molecule has 0 spiro atoms. The molecule has 0 aliphatic carbocycles. The molecule has 0 saturated carbocycles. The molecule has 0 saturated heterocycles. The average molecular weight is 327 g/mol. The Morgan fingerprint density at radius 3 is 2.21 bits per heavy atom. The van der Waals surface area contributed by atoms with E-state index in [0.717, 1.165) is 16.7 Å². The fourth-order valence-electron chi connectivity index (χ4n) is 2.36. The van der Waals surface area contributed by atoms with Gasteiger partial charge in [-0.25, -0.2) is 4.79 Å². The van der Waals surface area contributed by atoms with Crippen LogP contribution in [0.2, 0.25) is 0 Å². The van der Waals surface area contributed by atoms with Crippen LogP contribution in [-0.4, -0.2) is 23.1 Å². The van der Waals surface area contributed by atoms with Crippen molar-refractivity contribution in [1.82, 2.24) is 5.32 Å². The zero-order valence-corrected chi connectivity index (χ0v) is 14.0. The number of amides is 1. The first kappa shape index (κ1) is 17.5. The van der Waals surface area contributed by atoms with Crippen molar-refractivity contribution in [2.75, 3.05) is 0 Å². The normalized spacial score (nSPS) is 11.6. The van der Waals surface area contributed by atoms with Gasteiger partial charge in [0.1, 0.15) is 5.75 Å². The van der Waals surface area contributed by atoms with E-state index in [-0.39, 0.29) is 11.5 Å². The van der Waals surface area contributed by atoms with Gasteiger partial charge in [0.25, 0.3) is 5.91 Å². The Hall–Kier alpha value is -2.82. The number of hydrogen-bond acceptors (Lipinski definition) is 3. The quantitative estimate of drug-likeness (QED) is 0.855. The van der Waals surface area contributed by atoms with E-state index >= 15 is 0 Å². The van der Waals surface area contributed by atoms with Crippen LogP contribution in [0.25, 0.3) is 0 Å². The first-order valence-corrected chi connectivity index (χ1v) is 7.70. The van der Waals surface area contributed by atoms with Crippen LogP contribution < -0.4 is 10.1 Å². The highest BCUT2D eigenvalue weighted by molar-refractivity contribution is 5.87. The maximum Gasteiger partial charge on any atom is 0.335 e. The lowest BCUT2D eigenvalue weighted by molar-refractivity contribution is -0.127. The van der Waals surface area contributed by atoms with Gasteiger partial charge in [0.15, 0.2) is 6.10 Å². The van der Waals surface area contributed by atoms with E-state index in [1.165, 1.54) is 12.1 Å². The molecule has 2 N–H and O–H groups in total. The topological polar surface area (TPSA) is 75.6 Å². The minimum Gasteiger partial charge on any atom is -0.481 e. The lowest BCUT2D eigenvalue weighted by Gasteiger charge is -2.15. The monoisotopic (exact) mass is 327 g/mol. The molecule has 1 atom stereocenters. The van der Waals surface area contributed by atoms with Crippen LogP contribution in [0.1, 0.15) is 34.0 Å². The number of carbonyl (C=O) groups excluding carboxylic acids is 1. The van der Waals surface area contributed by atoms with Crippen molar-refractivity contribution in [3.05, 3.63) is 64.7 Å². The number of ether oxygens (including phenoxy) is 1. The molecule has 24 heavy (non-hydrogen) atoms. The van der Waals surface area contributed by atoms with E-state index < -0.39 is 12.1 Å². The summed E-state index contributed by atoms with van der Waals surface area (Å²) in [5.41, 5.74) is 3.20. The van der Waals surface area contributed by atoms with E-state index in [4.69, 9.17) is 9.84 Å². The van der Waals surface area contributed by atoms with Crippen molar-refractivity contribution in [2.45, 2.75) is 33.4 Å². The summed E-state index contributed by atoms with van der Waals surface area (Å²) in [6, 6.07) is 12.2. The molecule has 126 valence electrons. The zero-order chi connectivity index (χ0) is 17.7. The maximum atomic E-state index is 12.1. The van der Waals surface area contributed by atoms with Gasteiger partial charge in [0.05, 0.1) is 5.56 Å². The van der Waals surface area contributed by atoms with E-state index in [2.05, 4.69) is 5.32 Å². The van der Waals surface area contributed by atoms with Gasteiger partial charge in [-0.05, 0) is 61.7 Å². The number of rotatable bonds is 6. The van der Waals surface area contributed by atoms with Gasteiger partial charge in [-0.2, -0.15) is 0 Å². The molecule has 2 rings (SSSR count). The first-order chi connectivity index (χ1) is 11.3. The molecule has 5 heteroatoms. The van der Waals surface area contributed by atoms with Gasteiger partial charge < -0.3 is 15.2 Å². The summed E-state index contributed by atoms with van der Waals surface area (Å²) in [5, 5.41) is 11.6. The van der Waals surface area contributed by atoms with E-state index in [1.807, 2.05) is 32.0 Å². The predicted octanol–water partition coefficient (Wildman–Crippen LogP) is 3.09. The van der Waals surface area contributed by atoms with Gasteiger partial charge in [-0.15, -0.1) is 0 Å². The largest absolute Gasteiger partial charge is 0.481 e. The van der Waals surface area contributed by atoms with Crippen molar-refractivity contribution in [1.29, 1.82) is 0 Å². The minimum absolute atomic E-state index is 0.219. The molecule has 1 amide bonds. The highest BCUT2D eigenvalue weighted by Crippen LogP contribution is 2.17. The van der Waals surface area contributed by atoms with Crippen molar-refractivity contribution >= 4 is 11.9 Å². The van der Waals surface area contributed by atoms with Crippen molar-refractivity contribution in [3.63, 3.8) is 0 Å². The van der Waals surface area contributed by atoms with Crippen LogP contribution in [0.15, 0.2) is 42.5 Å². The third-order valence-electron chi connectivity index (χ3n) is 3.54. The van der Waals surface area contributed by atoms with Gasteiger partial charge in [0, 0.05) is 6.54 Å². The number of aryl methyl sites for hydroxylation is 2. The first-order valence-electron chi connectivity index (χ1n) is 7.70. The van der Waals surface area contributed by atoms with Crippen LogP contribution in [-0.2, 0) is 11.3 Å². The molecule has 1 unspecified atom stereocenters. The summed E-state index contributed by atoms with van der Waals surface area (Å²) in [4.78, 5) is 22.9. The summed E-state index contributed by atoms with van der Waals surface area (Å²) in [6.45, 7) is 5.97. The van der Waals surface area contributed by atoms with Crippen LogP contribution in [0.3, 0.4) is 0 Å². The second kappa shape index (κ2) is 7.64. The molecule has 0 aliphatic heterocycles. The second-order valence-corrected chi connectivity index (χ2v) is 5.80. The molecule has 0 radical (unpaired) electrons. The number of carbonyl (C=O) groups is 2. The molecule has 0 fully saturated rings. The van der Waals surface area contributed by atoms with Crippen molar-refractivity contribution in [2.24, 2.45) is 0 Å². The SMILES string of the molecule is Cc1cc(C)cc(OC(C)C(=O)NCc2ccc(C(=O)O)cc2)c1. The van der Waals surface area contributed by atoms with Crippen LogP contribution >= 0.6 is 0 Å². The Balaban J connectivity index is 1.90. The van der Waals surface area contributed by atoms with Crippen molar-refractivity contribution in [3.8, 4) is 5.75 Å². The Morgan fingerprint density at radius 1 is 1.08 bits per heavy atom. The molecule has 2 aromatic carbocycles. The molecule has 0 aromatic heterocycles. The Morgan fingerprint density at radius 2 is 1.67 bits per heavy atom. The standard InChI is InChI=1S/C19H21NO4/c1-12-8-13(2)10-17(9-12)24-14(3)18(21)20-11-15-4-6-16(7-5-15)19(22)23/h4-10,14H,11H2,1-3H3,(H,20,21)(H,22,23). The summed E-state index contributed by atoms with van der Waals surface area (Å²) in [6.07, 6.45) is -0.621. The summed E-state index contributed by atoms with van der Waals surface area (Å²) in [7, 11) is 0. The number of hydrogen-bond donors (Lipinski definition) is 2. The second-order valence-electron chi connectivity index (χ2n) is 5.80. The lowest BCUT2D eigenvalue weighted by Crippen LogP contribution is -2.35. The highest BCUT2D eigenvalue weighted by atomic mass is 16.5.